The molecule has 6 heteroatoms. The summed E-state index contributed by atoms with van der Waals surface area (Å²) in [6.07, 6.45) is 0. The molecule has 0 atom stereocenters. The minimum absolute atomic E-state index is 0.460. The van der Waals surface area contributed by atoms with Crippen molar-refractivity contribution < 1.29 is 10.0 Å². The Bertz CT molecular complexity index is 739. The van der Waals surface area contributed by atoms with Crippen molar-refractivity contribution in [2.45, 2.75) is 6.92 Å². The van der Waals surface area contributed by atoms with Crippen LogP contribution in [0.1, 0.15) is 5.56 Å². The van der Waals surface area contributed by atoms with Crippen molar-refractivity contribution in [2.24, 2.45) is 0 Å². The molecule has 0 aliphatic carbocycles. The molecule has 0 spiro atoms. The van der Waals surface area contributed by atoms with Crippen LogP contribution in [0, 0.1) is 6.92 Å². The van der Waals surface area contributed by atoms with Crippen LogP contribution in [0.25, 0.3) is 21.1 Å². The summed E-state index contributed by atoms with van der Waals surface area (Å²) in [6, 6.07) is 15.1. The summed E-state index contributed by atoms with van der Waals surface area (Å²) in [5.41, 5.74) is 3.63. The summed E-state index contributed by atoms with van der Waals surface area (Å²) in [4.78, 5) is 0. The van der Waals surface area contributed by atoms with Gasteiger partial charge in [-0.25, -0.2) is 0 Å². The Morgan fingerprint density at radius 3 is 1.76 bits per heavy atom. The number of hydrogen-bond acceptors (Lipinski definition) is 5. The molecule has 1 heterocycles. The van der Waals surface area contributed by atoms with Gasteiger partial charge in [0.25, 0.3) is 0 Å². The Kier molecular flexibility index (Phi) is 3.83. The second-order valence-electron chi connectivity index (χ2n) is 4.77. The monoisotopic (exact) mass is 296 g/mol. The van der Waals surface area contributed by atoms with E-state index in [1.807, 2.05) is 43.3 Å². The number of aryl methyl sites for hydroxylation is 1. The van der Waals surface area contributed by atoms with Gasteiger partial charge in [0.1, 0.15) is 10.0 Å². The van der Waals surface area contributed by atoms with Crippen LogP contribution in [-0.2, 0) is 0 Å². The van der Waals surface area contributed by atoms with Gasteiger partial charge in [0.2, 0.25) is 0 Å². The second-order valence-corrected chi connectivity index (χ2v) is 5.75. The molecule has 0 unspecified atom stereocenters. The van der Waals surface area contributed by atoms with E-state index in [1.54, 1.807) is 12.1 Å². The second kappa shape index (κ2) is 5.77. The van der Waals surface area contributed by atoms with E-state index >= 15 is 0 Å². The highest BCUT2D eigenvalue weighted by atomic mass is 32.1. The minimum Gasteiger partial charge on any atom is -0.423 e. The van der Waals surface area contributed by atoms with Gasteiger partial charge < -0.3 is 10.0 Å². The zero-order valence-corrected chi connectivity index (χ0v) is 12.2. The lowest BCUT2D eigenvalue weighted by Gasteiger charge is -2.00. The zero-order valence-electron chi connectivity index (χ0n) is 11.4. The van der Waals surface area contributed by atoms with Crippen molar-refractivity contribution in [3.63, 3.8) is 0 Å². The standard InChI is InChI=1S/C15H13BN2O2S/c1-10-2-4-11(5-3-10)14-17-18-15(21-14)12-6-8-13(9-7-12)16(19)20/h2-9,19-20H,1H3. The van der Waals surface area contributed by atoms with Crippen molar-refractivity contribution in [3.05, 3.63) is 54.1 Å². The SMILES string of the molecule is Cc1ccc(-c2nnc(-c3ccc(B(O)O)cc3)s2)cc1. The fourth-order valence-electron chi connectivity index (χ4n) is 1.95. The summed E-state index contributed by atoms with van der Waals surface area (Å²) in [5, 5.41) is 28.3. The molecule has 0 saturated heterocycles. The van der Waals surface area contributed by atoms with Crippen molar-refractivity contribution in [2.75, 3.05) is 0 Å². The van der Waals surface area contributed by atoms with Gasteiger partial charge in [-0.05, 0) is 12.4 Å². The summed E-state index contributed by atoms with van der Waals surface area (Å²) < 4.78 is 0. The van der Waals surface area contributed by atoms with Crippen molar-refractivity contribution >= 4 is 23.9 Å². The van der Waals surface area contributed by atoms with Gasteiger partial charge >= 0.3 is 7.12 Å². The smallest absolute Gasteiger partial charge is 0.423 e. The minimum atomic E-state index is -1.45. The molecule has 3 rings (SSSR count). The van der Waals surface area contributed by atoms with E-state index in [9.17, 15) is 0 Å². The van der Waals surface area contributed by atoms with Crippen LogP contribution in [0.15, 0.2) is 48.5 Å². The quantitative estimate of drug-likeness (QED) is 0.724. The third-order valence-corrected chi connectivity index (χ3v) is 4.20. The highest BCUT2D eigenvalue weighted by Crippen LogP contribution is 2.29. The number of hydrogen-bond donors (Lipinski definition) is 2. The molecule has 2 aromatic carbocycles. The van der Waals surface area contributed by atoms with Gasteiger partial charge in [0.05, 0.1) is 0 Å². The van der Waals surface area contributed by atoms with Crippen LogP contribution in [0.3, 0.4) is 0 Å². The maximum absolute atomic E-state index is 9.09. The van der Waals surface area contributed by atoms with E-state index in [-0.39, 0.29) is 0 Å². The van der Waals surface area contributed by atoms with E-state index in [0.29, 0.717) is 5.46 Å². The Labute approximate surface area is 126 Å². The van der Waals surface area contributed by atoms with Gasteiger partial charge in [0.15, 0.2) is 0 Å². The first kappa shape index (κ1) is 13.9. The molecule has 0 aliphatic heterocycles. The molecule has 1 aromatic heterocycles. The number of nitrogens with zero attached hydrogens (tertiary/aromatic N) is 2. The first-order chi connectivity index (χ1) is 10.1. The molecule has 0 fully saturated rings. The topological polar surface area (TPSA) is 66.2 Å². The molecule has 0 saturated carbocycles. The lowest BCUT2D eigenvalue weighted by Crippen LogP contribution is -2.29. The Balaban J connectivity index is 1.89. The lowest BCUT2D eigenvalue weighted by atomic mass is 9.80. The average molecular weight is 296 g/mol. The first-order valence-corrected chi connectivity index (χ1v) is 7.32. The molecular weight excluding hydrogens is 283 g/mol. The van der Waals surface area contributed by atoms with E-state index in [0.717, 1.165) is 21.1 Å². The third kappa shape index (κ3) is 3.02. The molecule has 3 aromatic rings. The van der Waals surface area contributed by atoms with Gasteiger partial charge in [-0.15, -0.1) is 10.2 Å². The first-order valence-electron chi connectivity index (χ1n) is 6.50. The highest BCUT2D eigenvalue weighted by Gasteiger charge is 2.12. The molecule has 4 nitrogen and oxygen atoms in total. The van der Waals surface area contributed by atoms with Crippen LogP contribution in [0.5, 0.6) is 0 Å². The maximum atomic E-state index is 9.09. The molecule has 0 radical (unpaired) electrons. The predicted molar refractivity (Wildman–Crippen MR) is 85.3 cm³/mol. The Morgan fingerprint density at radius 2 is 1.29 bits per heavy atom. The van der Waals surface area contributed by atoms with Gasteiger partial charge in [-0.3, -0.25) is 0 Å². The Morgan fingerprint density at radius 1 is 0.810 bits per heavy atom. The maximum Gasteiger partial charge on any atom is 0.488 e. The van der Waals surface area contributed by atoms with Gasteiger partial charge in [0, 0.05) is 11.1 Å². The molecule has 21 heavy (non-hydrogen) atoms. The summed E-state index contributed by atoms with van der Waals surface area (Å²) in [5.74, 6) is 0. The van der Waals surface area contributed by atoms with Crippen LogP contribution >= 0.6 is 11.3 Å². The van der Waals surface area contributed by atoms with Crippen LogP contribution < -0.4 is 5.46 Å². The summed E-state index contributed by atoms with van der Waals surface area (Å²) in [7, 11) is -1.45. The van der Waals surface area contributed by atoms with Gasteiger partial charge in [-0.2, -0.15) is 0 Å². The average Bonchev–Trinajstić information content (AvgIpc) is 2.98. The summed E-state index contributed by atoms with van der Waals surface area (Å²) >= 11 is 1.51. The molecule has 0 amide bonds. The van der Waals surface area contributed by atoms with Crippen LogP contribution in [-0.4, -0.2) is 27.4 Å². The van der Waals surface area contributed by atoms with E-state index < -0.39 is 7.12 Å². The molecular formula is C15H13BN2O2S. The van der Waals surface area contributed by atoms with E-state index in [2.05, 4.69) is 10.2 Å². The van der Waals surface area contributed by atoms with Gasteiger partial charge in [-0.1, -0.05) is 65.4 Å². The number of aromatic nitrogens is 2. The van der Waals surface area contributed by atoms with E-state index in [1.165, 1.54) is 16.9 Å². The third-order valence-electron chi connectivity index (χ3n) is 3.18. The zero-order chi connectivity index (χ0) is 14.8. The molecule has 0 bridgehead atoms. The normalized spacial score (nSPS) is 10.6. The number of benzene rings is 2. The molecule has 0 aliphatic rings. The largest absolute Gasteiger partial charge is 0.488 e. The molecule has 104 valence electrons. The van der Waals surface area contributed by atoms with Crippen molar-refractivity contribution in [1.29, 1.82) is 0 Å². The summed E-state index contributed by atoms with van der Waals surface area (Å²) in [6.45, 7) is 2.05. The number of rotatable bonds is 3. The van der Waals surface area contributed by atoms with Crippen molar-refractivity contribution in [1.82, 2.24) is 10.2 Å². The van der Waals surface area contributed by atoms with Crippen LogP contribution in [0.2, 0.25) is 0 Å². The Hall–Kier alpha value is -2.02. The van der Waals surface area contributed by atoms with E-state index in [4.69, 9.17) is 10.0 Å². The lowest BCUT2D eigenvalue weighted by molar-refractivity contribution is 0.426. The fourth-order valence-corrected chi connectivity index (χ4v) is 2.80. The fraction of sp³-hybridized carbons (Fsp3) is 0.0667. The highest BCUT2D eigenvalue weighted by molar-refractivity contribution is 7.17. The van der Waals surface area contributed by atoms with Crippen molar-refractivity contribution in [3.8, 4) is 21.1 Å². The predicted octanol–water partition coefficient (Wildman–Crippen LogP) is 1.86. The van der Waals surface area contributed by atoms with Crippen LogP contribution in [0.4, 0.5) is 0 Å². The molecule has 2 N–H and O–H groups in total.